The Balaban J connectivity index is 1.45. The number of thioether (sulfide) groups is 1. The highest BCUT2D eigenvalue weighted by Crippen LogP contribution is 2.36. The van der Waals surface area contributed by atoms with Crippen molar-refractivity contribution in [2.24, 2.45) is 0 Å². The minimum Gasteiger partial charge on any atom is -0.338 e. The van der Waals surface area contributed by atoms with E-state index in [1.165, 1.54) is 11.8 Å². The van der Waals surface area contributed by atoms with Crippen LogP contribution in [0.1, 0.15) is 24.8 Å². The van der Waals surface area contributed by atoms with Crippen molar-refractivity contribution in [3.63, 3.8) is 0 Å². The van der Waals surface area contributed by atoms with Gasteiger partial charge in [0.2, 0.25) is 16.9 Å². The second-order valence-electron chi connectivity index (χ2n) is 4.41. The second-order valence-corrected chi connectivity index (χ2v) is 6.31. The Labute approximate surface area is 122 Å². The van der Waals surface area contributed by atoms with Crippen LogP contribution in [0.5, 0.6) is 0 Å². The van der Waals surface area contributed by atoms with Gasteiger partial charge in [-0.05, 0) is 34.7 Å². The molecule has 1 aliphatic carbocycles. The smallest absolute Gasteiger partial charge is 0.237 e. The van der Waals surface area contributed by atoms with E-state index in [-0.39, 0.29) is 0 Å². The van der Waals surface area contributed by atoms with Gasteiger partial charge in [-0.3, -0.25) is 0 Å². The van der Waals surface area contributed by atoms with E-state index >= 15 is 0 Å². The number of aromatic nitrogens is 6. The third-order valence-corrected chi connectivity index (χ3v) is 4.67. The summed E-state index contributed by atoms with van der Waals surface area (Å²) in [6.45, 7) is 0. The highest BCUT2D eigenvalue weighted by molar-refractivity contribution is 7.98. The van der Waals surface area contributed by atoms with Gasteiger partial charge in [-0.25, -0.2) is 4.68 Å². The maximum atomic E-state index is 5.25. The summed E-state index contributed by atoms with van der Waals surface area (Å²) >= 11 is 3.11. The highest BCUT2D eigenvalue weighted by Gasteiger charge is 2.28. The lowest BCUT2D eigenvalue weighted by atomic mass is 10.4. The molecule has 0 aromatic carbocycles. The van der Waals surface area contributed by atoms with Crippen LogP contribution < -0.4 is 0 Å². The van der Waals surface area contributed by atoms with Gasteiger partial charge in [0.05, 0.1) is 16.7 Å². The largest absolute Gasteiger partial charge is 0.338 e. The van der Waals surface area contributed by atoms with Crippen molar-refractivity contribution >= 4 is 23.1 Å². The molecule has 0 saturated heterocycles. The van der Waals surface area contributed by atoms with Gasteiger partial charge in [-0.1, -0.05) is 23.0 Å². The lowest BCUT2D eigenvalue weighted by Gasteiger charge is -1.98. The highest BCUT2D eigenvalue weighted by atomic mass is 32.2. The van der Waals surface area contributed by atoms with Crippen LogP contribution in [0, 0.1) is 0 Å². The van der Waals surface area contributed by atoms with Crippen molar-refractivity contribution in [1.29, 1.82) is 0 Å². The first-order valence-corrected chi connectivity index (χ1v) is 8.04. The summed E-state index contributed by atoms with van der Waals surface area (Å²) in [6, 6.07) is 4.41. The van der Waals surface area contributed by atoms with Gasteiger partial charge >= 0.3 is 0 Å². The average Bonchev–Trinajstić information content (AvgIpc) is 2.93. The fraction of sp³-hybridized carbons (Fsp3) is 0.364. The quantitative estimate of drug-likeness (QED) is 0.669. The monoisotopic (exact) mass is 306 g/mol. The summed E-state index contributed by atoms with van der Waals surface area (Å²) in [5, 5.41) is 18.5. The summed E-state index contributed by atoms with van der Waals surface area (Å²) in [5.74, 6) is 1.80. The molecule has 0 N–H and O–H groups in total. The molecule has 0 spiro atoms. The Morgan fingerprint density at radius 1 is 1.45 bits per heavy atom. The molecule has 3 aromatic rings. The summed E-state index contributed by atoms with van der Waals surface area (Å²) in [4.78, 5) is 5.38. The summed E-state index contributed by atoms with van der Waals surface area (Å²) in [5.41, 5.74) is 0. The van der Waals surface area contributed by atoms with E-state index in [1.54, 1.807) is 11.3 Å². The van der Waals surface area contributed by atoms with Gasteiger partial charge in [0.1, 0.15) is 0 Å². The van der Waals surface area contributed by atoms with Gasteiger partial charge < -0.3 is 4.52 Å². The molecule has 1 saturated carbocycles. The van der Waals surface area contributed by atoms with Gasteiger partial charge in [0.25, 0.3) is 0 Å². The van der Waals surface area contributed by atoms with E-state index < -0.39 is 0 Å². The fourth-order valence-corrected chi connectivity index (χ4v) is 3.21. The van der Waals surface area contributed by atoms with Gasteiger partial charge in [0.15, 0.2) is 0 Å². The predicted molar refractivity (Wildman–Crippen MR) is 73.3 cm³/mol. The van der Waals surface area contributed by atoms with E-state index in [4.69, 9.17) is 4.52 Å². The molecule has 1 fully saturated rings. The van der Waals surface area contributed by atoms with Crippen molar-refractivity contribution in [3.05, 3.63) is 23.4 Å². The molecule has 4 rings (SSSR count). The van der Waals surface area contributed by atoms with E-state index in [2.05, 4.69) is 25.7 Å². The first-order valence-electron chi connectivity index (χ1n) is 6.17. The van der Waals surface area contributed by atoms with Crippen LogP contribution in [0.25, 0.3) is 10.7 Å². The van der Waals surface area contributed by atoms with Crippen LogP contribution in [0.2, 0.25) is 0 Å². The number of nitrogens with zero attached hydrogens (tertiary/aromatic N) is 6. The normalized spacial score (nSPS) is 14.8. The van der Waals surface area contributed by atoms with Crippen LogP contribution in [-0.4, -0.2) is 30.3 Å². The third kappa shape index (κ3) is 2.34. The van der Waals surface area contributed by atoms with Crippen LogP contribution in [-0.2, 0) is 5.75 Å². The van der Waals surface area contributed by atoms with Crippen molar-refractivity contribution in [3.8, 4) is 10.7 Å². The first kappa shape index (κ1) is 12.0. The number of rotatable bonds is 5. The maximum absolute atomic E-state index is 5.25. The molecule has 0 radical (unpaired) electrons. The molecule has 102 valence electrons. The van der Waals surface area contributed by atoms with E-state index in [1.807, 2.05) is 22.2 Å². The van der Waals surface area contributed by atoms with Crippen LogP contribution in [0.15, 0.2) is 27.2 Å². The number of hydrogen-bond acceptors (Lipinski definition) is 8. The molecule has 1 aliphatic rings. The van der Waals surface area contributed by atoms with Crippen LogP contribution in [0.3, 0.4) is 0 Å². The van der Waals surface area contributed by atoms with Crippen molar-refractivity contribution in [2.75, 3.05) is 0 Å². The third-order valence-electron chi connectivity index (χ3n) is 2.89. The van der Waals surface area contributed by atoms with Crippen molar-refractivity contribution in [2.45, 2.75) is 29.8 Å². The molecule has 0 amide bonds. The Hall–Kier alpha value is -1.74. The van der Waals surface area contributed by atoms with Crippen LogP contribution >= 0.6 is 23.1 Å². The fourth-order valence-electron chi connectivity index (χ4n) is 1.77. The van der Waals surface area contributed by atoms with Gasteiger partial charge in [0, 0.05) is 0 Å². The first-order chi connectivity index (χ1) is 9.90. The number of hydrogen-bond donors (Lipinski definition) is 0. The van der Waals surface area contributed by atoms with Crippen molar-refractivity contribution < 1.29 is 4.52 Å². The SMILES string of the molecule is c1csc(-c2noc(CSc3nnnn3C3CC3)n2)c1. The minimum absolute atomic E-state index is 0.469. The molecule has 9 heteroatoms. The predicted octanol–water partition coefficient (Wildman–Crippen LogP) is 2.41. The zero-order chi connectivity index (χ0) is 13.4. The molecular weight excluding hydrogens is 296 g/mol. The number of tetrazole rings is 1. The topological polar surface area (TPSA) is 82.5 Å². The molecular formula is C11H10N6OS2. The standard InChI is InChI=1S/C11H10N6OS2/c1-2-8(19-5-1)10-12-9(18-14-10)6-20-11-13-15-16-17(11)7-3-4-7/h1-2,5,7H,3-4,6H2. The Morgan fingerprint density at radius 2 is 2.40 bits per heavy atom. The van der Waals surface area contributed by atoms with Crippen LogP contribution in [0.4, 0.5) is 0 Å². The van der Waals surface area contributed by atoms with Gasteiger partial charge in [-0.15, -0.1) is 16.4 Å². The molecule has 0 unspecified atom stereocenters. The summed E-state index contributed by atoms with van der Waals surface area (Å²) in [6.07, 6.45) is 2.31. The Morgan fingerprint density at radius 3 is 3.20 bits per heavy atom. The second kappa shape index (κ2) is 4.98. The lowest BCUT2D eigenvalue weighted by Crippen LogP contribution is -1.98. The van der Waals surface area contributed by atoms with E-state index in [0.717, 1.165) is 22.9 Å². The zero-order valence-corrected chi connectivity index (χ0v) is 12.0. The molecule has 3 heterocycles. The summed E-state index contributed by atoms with van der Waals surface area (Å²) < 4.78 is 7.13. The molecule has 7 nitrogen and oxygen atoms in total. The maximum Gasteiger partial charge on any atom is 0.237 e. The molecule has 3 aromatic heterocycles. The zero-order valence-electron chi connectivity index (χ0n) is 10.3. The van der Waals surface area contributed by atoms with Gasteiger partial charge in [-0.2, -0.15) is 4.98 Å². The minimum atomic E-state index is 0.469. The van der Waals surface area contributed by atoms with E-state index in [9.17, 15) is 0 Å². The van der Waals surface area contributed by atoms with Crippen molar-refractivity contribution in [1.82, 2.24) is 30.3 Å². The Kier molecular flexibility index (Phi) is 3.00. The molecule has 0 atom stereocenters. The number of thiophene rings is 1. The molecule has 0 bridgehead atoms. The summed E-state index contributed by atoms with van der Waals surface area (Å²) in [7, 11) is 0. The average molecular weight is 306 g/mol. The Bertz CT molecular complexity index is 702. The lowest BCUT2D eigenvalue weighted by molar-refractivity contribution is 0.391. The molecule has 0 aliphatic heterocycles. The van der Waals surface area contributed by atoms with E-state index in [0.29, 0.717) is 23.5 Å². The molecule has 20 heavy (non-hydrogen) atoms.